The molecule has 0 fully saturated rings. The van der Waals surface area contributed by atoms with E-state index in [2.05, 4.69) is 53.6 Å². The van der Waals surface area contributed by atoms with E-state index in [1.54, 1.807) is 6.07 Å². The van der Waals surface area contributed by atoms with Gasteiger partial charge in [0.05, 0.1) is 11.4 Å². The van der Waals surface area contributed by atoms with Crippen LogP contribution in [0.5, 0.6) is 5.75 Å². The summed E-state index contributed by atoms with van der Waals surface area (Å²) in [6.07, 6.45) is 11.8. The molecule has 3 N–H and O–H groups in total. The van der Waals surface area contributed by atoms with Gasteiger partial charge in [-0.2, -0.15) is 0 Å². The molecule has 0 saturated carbocycles. The number of aromatic nitrogens is 4. The van der Waals surface area contributed by atoms with Gasteiger partial charge >= 0.3 is 0 Å². The molecule has 268 valence electrons. The van der Waals surface area contributed by atoms with Crippen molar-refractivity contribution in [2.75, 3.05) is 5.32 Å². The second kappa shape index (κ2) is 17.0. The molecule has 1 atom stereocenters. The van der Waals surface area contributed by atoms with Gasteiger partial charge in [0, 0.05) is 22.3 Å². The van der Waals surface area contributed by atoms with Crippen molar-refractivity contribution in [3.63, 3.8) is 0 Å². The van der Waals surface area contributed by atoms with Crippen LogP contribution in [0.3, 0.4) is 0 Å². The first kappa shape index (κ1) is 39.4. The van der Waals surface area contributed by atoms with E-state index in [4.69, 9.17) is 16.3 Å². The summed E-state index contributed by atoms with van der Waals surface area (Å²) in [4.78, 5) is 26.7. The summed E-state index contributed by atoms with van der Waals surface area (Å²) < 4.78 is 8.30. The van der Waals surface area contributed by atoms with Gasteiger partial charge in [0.1, 0.15) is 10.8 Å². The Labute approximate surface area is 293 Å². The molecule has 0 spiro atoms. The molecule has 0 saturated heterocycles. The quantitative estimate of drug-likeness (QED) is 0.109. The fraction of sp³-hybridized carbons (Fsp3) is 0.684. The average Bonchev–Trinajstić information content (AvgIpc) is 3.58. The Morgan fingerprint density at radius 1 is 0.875 bits per heavy atom. The number of nitrogens with one attached hydrogen (secondary N) is 3. The first-order chi connectivity index (χ1) is 22.5. The van der Waals surface area contributed by atoms with E-state index < -0.39 is 17.1 Å². The number of halogens is 1. The highest BCUT2D eigenvalue weighted by Gasteiger charge is 2.45. The summed E-state index contributed by atoms with van der Waals surface area (Å²) in [6.45, 7) is 20.3. The van der Waals surface area contributed by atoms with E-state index in [0.29, 0.717) is 34.4 Å². The Bertz CT molecular complexity index is 1480. The highest BCUT2D eigenvalue weighted by molar-refractivity contribution is 6.34. The third-order valence-corrected chi connectivity index (χ3v) is 10.0. The molecular formula is C38H61ClN6O3. The van der Waals surface area contributed by atoms with Crippen molar-refractivity contribution in [2.24, 2.45) is 5.92 Å². The Morgan fingerprint density at radius 2 is 1.46 bits per heavy atom. The fourth-order valence-electron chi connectivity index (χ4n) is 5.69. The summed E-state index contributed by atoms with van der Waals surface area (Å²) in [5.74, 6) is 0.627. The molecule has 2 amide bonds. The molecule has 1 aromatic carbocycles. The number of para-hydroxylation sites is 2. The Kier molecular flexibility index (Phi) is 14.0. The van der Waals surface area contributed by atoms with Crippen molar-refractivity contribution in [3.05, 3.63) is 40.8 Å². The standard InChI is InChI=1S/C38H61ClN6O3/c1-11-12-13-14-15-16-17-18-19-20-25-29(48-28-24-22-21-23-27(28)40-33(46)26(2)3)34(47)41-38(9,10)37(7,8)35-43-42-32-30(39)31(36(4,5)6)44-45(32)35/h21-24,26,29,44H,11-20,25H2,1-10H3,(H,40,46)(H,41,47). The Balaban J connectivity index is 1.79. The molecule has 1 unspecified atom stereocenters. The minimum Gasteiger partial charge on any atom is -0.478 e. The van der Waals surface area contributed by atoms with Gasteiger partial charge < -0.3 is 15.4 Å². The minimum atomic E-state index is -0.767. The highest BCUT2D eigenvalue weighted by atomic mass is 35.5. The molecule has 0 aliphatic heterocycles. The molecule has 0 radical (unpaired) electrons. The van der Waals surface area contributed by atoms with Crippen LogP contribution < -0.4 is 15.4 Å². The topological polar surface area (TPSA) is 113 Å². The number of unbranched alkanes of at least 4 members (excludes halogenated alkanes) is 9. The number of benzene rings is 1. The zero-order valence-electron chi connectivity index (χ0n) is 31.2. The van der Waals surface area contributed by atoms with Gasteiger partial charge in [0.15, 0.2) is 17.6 Å². The molecule has 3 aromatic rings. The molecule has 48 heavy (non-hydrogen) atoms. The van der Waals surface area contributed by atoms with E-state index in [1.807, 2.05) is 64.3 Å². The lowest BCUT2D eigenvalue weighted by Gasteiger charge is -2.41. The summed E-state index contributed by atoms with van der Waals surface area (Å²) in [6, 6.07) is 7.32. The lowest BCUT2D eigenvalue weighted by Crippen LogP contribution is -2.59. The number of ether oxygens (including phenoxy) is 1. The van der Waals surface area contributed by atoms with Crippen molar-refractivity contribution in [2.45, 2.75) is 162 Å². The van der Waals surface area contributed by atoms with Crippen molar-refractivity contribution >= 4 is 34.7 Å². The van der Waals surface area contributed by atoms with Crippen LogP contribution in [0.1, 0.15) is 151 Å². The minimum absolute atomic E-state index is 0.108. The maximum absolute atomic E-state index is 14.2. The normalized spacial score (nSPS) is 13.2. The number of nitrogens with zero attached hydrogens (tertiary/aromatic N) is 3. The lowest BCUT2D eigenvalue weighted by molar-refractivity contribution is -0.130. The van der Waals surface area contributed by atoms with Crippen LogP contribution in [0.4, 0.5) is 5.69 Å². The molecule has 2 heterocycles. The van der Waals surface area contributed by atoms with Gasteiger partial charge in [-0.15, -0.1) is 10.2 Å². The van der Waals surface area contributed by atoms with Crippen molar-refractivity contribution in [1.82, 2.24) is 25.1 Å². The Morgan fingerprint density at radius 3 is 2.04 bits per heavy atom. The number of hydrogen-bond donors (Lipinski definition) is 3. The number of rotatable bonds is 19. The van der Waals surface area contributed by atoms with Crippen LogP contribution in [-0.4, -0.2) is 43.3 Å². The van der Waals surface area contributed by atoms with Crippen molar-refractivity contribution < 1.29 is 14.3 Å². The molecular weight excluding hydrogens is 624 g/mol. The molecule has 0 aliphatic carbocycles. The predicted octanol–water partition coefficient (Wildman–Crippen LogP) is 9.53. The SMILES string of the molecule is CCCCCCCCCCCCC(Oc1ccccc1NC(=O)C(C)C)C(=O)NC(C)(C)C(C)(C)c1nnc2c(Cl)c(C(C)(C)C)[nH]n12. The second-order valence-corrected chi connectivity index (χ2v) is 16.1. The number of H-pyrrole nitrogens is 1. The van der Waals surface area contributed by atoms with Gasteiger partial charge in [0.25, 0.3) is 5.91 Å². The van der Waals surface area contributed by atoms with Crippen LogP contribution in [0, 0.1) is 5.92 Å². The van der Waals surface area contributed by atoms with Crippen LogP contribution in [0.2, 0.25) is 5.02 Å². The first-order valence-corrected chi connectivity index (χ1v) is 18.4. The van der Waals surface area contributed by atoms with Crippen LogP contribution in [-0.2, 0) is 20.4 Å². The number of anilines is 1. The lowest BCUT2D eigenvalue weighted by atomic mass is 9.73. The Hall–Kier alpha value is -3.07. The van der Waals surface area contributed by atoms with Gasteiger partial charge in [-0.1, -0.05) is 137 Å². The number of hydrogen-bond acceptors (Lipinski definition) is 5. The van der Waals surface area contributed by atoms with E-state index in [0.717, 1.165) is 25.0 Å². The number of carbonyl (C=O) groups is 2. The molecule has 10 heteroatoms. The van der Waals surface area contributed by atoms with Crippen LogP contribution >= 0.6 is 11.6 Å². The molecule has 3 rings (SSSR count). The first-order valence-electron chi connectivity index (χ1n) is 18.0. The van der Waals surface area contributed by atoms with E-state index in [9.17, 15) is 9.59 Å². The largest absolute Gasteiger partial charge is 0.478 e. The van der Waals surface area contributed by atoms with Gasteiger partial charge in [-0.25, -0.2) is 4.52 Å². The van der Waals surface area contributed by atoms with Gasteiger partial charge in [-0.05, 0) is 38.8 Å². The van der Waals surface area contributed by atoms with E-state index >= 15 is 0 Å². The summed E-state index contributed by atoms with van der Waals surface area (Å²) in [5.41, 5.74) is 0.344. The summed E-state index contributed by atoms with van der Waals surface area (Å²) in [5, 5.41) is 19.2. The monoisotopic (exact) mass is 684 g/mol. The zero-order valence-corrected chi connectivity index (χ0v) is 31.9. The predicted molar refractivity (Wildman–Crippen MR) is 197 cm³/mol. The fourth-order valence-corrected chi connectivity index (χ4v) is 6.14. The van der Waals surface area contributed by atoms with Crippen LogP contribution in [0.25, 0.3) is 5.65 Å². The van der Waals surface area contributed by atoms with Gasteiger partial charge in [0.2, 0.25) is 5.91 Å². The highest BCUT2D eigenvalue weighted by Crippen LogP contribution is 2.37. The number of fused-ring (bicyclic) bond motifs is 1. The van der Waals surface area contributed by atoms with E-state index in [-0.39, 0.29) is 23.1 Å². The van der Waals surface area contributed by atoms with Crippen molar-refractivity contribution in [1.29, 1.82) is 0 Å². The molecule has 9 nitrogen and oxygen atoms in total. The second-order valence-electron chi connectivity index (χ2n) is 15.7. The third kappa shape index (κ3) is 9.99. The van der Waals surface area contributed by atoms with Crippen molar-refractivity contribution in [3.8, 4) is 5.75 Å². The summed E-state index contributed by atoms with van der Waals surface area (Å²) >= 11 is 6.73. The zero-order chi connectivity index (χ0) is 35.7. The van der Waals surface area contributed by atoms with Crippen LogP contribution in [0.15, 0.2) is 24.3 Å². The number of carbonyl (C=O) groups excluding carboxylic acids is 2. The molecule has 0 bridgehead atoms. The molecule has 2 aromatic heterocycles. The molecule has 0 aliphatic rings. The third-order valence-electron chi connectivity index (χ3n) is 9.66. The maximum Gasteiger partial charge on any atom is 0.261 e. The average molecular weight is 685 g/mol. The number of amides is 2. The summed E-state index contributed by atoms with van der Waals surface area (Å²) in [7, 11) is 0. The van der Waals surface area contributed by atoms with Gasteiger partial charge in [-0.3, -0.25) is 14.7 Å². The number of aromatic amines is 1. The maximum atomic E-state index is 14.2. The smallest absolute Gasteiger partial charge is 0.261 e. The van der Waals surface area contributed by atoms with E-state index in [1.165, 1.54) is 44.9 Å².